The lowest BCUT2D eigenvalue weighted by molar-refractivity contribution is -0.116. The largest absolute Gasteiger partial charge is 0.326 e. The van der Waals surface area contributed by atoms with Crippen molar-refractivity contribution in [3.63, 3.8) is 0 Å². The number of rotatable bonds is 7. The van der Waals surface area contributed by atoms with Gasteiger partial charge in [0.05, 0.1) is 4.90 Å². The highest BCUT2D eigenvalue weighted by atomic mass is 32.2. The molecule has 0 spiro atoms. The van der Waals surface area contributed by atoms with Crippen LogP contribution in [0.4, 0.5) is 5.69 Å². The van der Waals surface area contributed by atoms with Crippen LogP contribution in [0.1, 0.15) is 49.1 Å². The van der Waals surface area contributed by atoms with Crippen LogP contribution < -0.4 is 5.32 Å². The van der Waals surface area contributed by atoms with Gasteiger partial charge in [0.25, 0.3) is 0 Å². The van der Waals surface area contributed by atoms with Crippen LogP contribution in [0.2, 0.25) is 0 Å². The quantitative estimate of drug-likeness (QED) is 0.495. The summed E-state index contributed by atoms with van der Waals surface area (Å²) in [4.78, 5) is 21.7. The minimum Gasteiger partial charge on any atom is -0.326 e. The molecule has 0 atom stereocenters. The third kappa shape index (κ3) is 6.05. The number of nitrogens with zero attached hydrogens (tertiary/aromatic N) is 3. The molecule has 1 aliphatic heterocycles. The van der Waals surface area contributed by atoms with Crippen LogP contribution in [0.25, 0.3) is 0 Å². The third-order valence-corrected chi connectivity index (χ3v) is 7.95. The summed E-state index contributed by atoms with van der Waals surface area (Å²) < 4.78 is 27.6. The molecule has 0 aliphatic carbocycles. The van der Waals surface area contributed by atoms with Gasteiger partial charge in [0.1, 0.15) is 0 Å². The monoisotopic (exact) mass is 462 g/mol. The highest BCUT2D eigenvalue weighted by molar-refractivity contribution is 7.98. The summed E-state index contributed by atoms with van der Waals surface area (Å²) in [5, 5.41) is 3.56. The zero-order chi connectivity index (χ0) is 22.4. The molecule has 1 fully saturated rings. The van der Waals surface area contributed by atoms with Gasteiger partial charge in [-0.1, -0.05) is 30.7 Å². The Labute approximate surface area is 189 Å². The second kappa shape index (κ2) is 10.6. The predicted molar refractivity (Wildman–Crippen MR) is 124 cm³/mol. The number of anilines is 1. The predicted octanol–water partition coefficient (Wildman–Crippen LogP) is 3.95. The Balaban J connectivity index is 1.66. The summed E-state index contributed by atoms with van der Waals surface area (Å²) in [6, 6.07) is 6.52. The van der Waals surface area contributed by atoms with Crippen LogP contribution >= 0.6 is 11.8 Å². The summed E-state index contributed by atoms with van der Waals surface area (Å²) in [6.45, 7) is 4.96. The van der Waals surface area contributed by atoms with Crippen LogP contribution in [0.15, 0.2) is 34.3 Å². The van der Waals surface area contributed by atoms with Gasteiger partial charge >= 0.3 is 0 Å². The molecule has 3 rings (SSSR count). The van der Waals surface area contributed by atoms with E-state index in [2.05, 4.69) is 15.3 Å². The van der Waals surface area contributed by atoms with Gasteiger partial charge < -0.3 is 5.32 Å². The topological polar surface area (TPSA) is 92.3 Å². The van der Waals surface area contributed by atoms with Crippen LogP contribution in [0.3, 0.4) is 0 Å². The van der Waals surface area contributed by atoms with Gasteiger partial charge in [-0.3, -0.25) is 4.79 Å². The maximum Gasteiger partial charge on any atom is 0.243 e. The average molecular weight is 463 g/mol. The Morgan fingerprint density at radius 2 is 1.74 bits per heavy atom. The van der Waals surface area contributed by atoms with E-state index in [9.17, 15) is 13.2 Å². The molecule has 1 aromatic heterocycles. The molecular formula is C22H30N4O3S2. The smallest absolute Gasteiger partial charge is 0.243 e. The van der Waals surface area contributed by atoms with E-state index < -0.39 is 10.0 Å². The fourth-order valence-corrected chi connectivity index (χ4v) is 5.81. The fourth-order valence-electron chi connectivity index (χ4n) is 3.79. The molecule has 2 aromatic rings. The number of benzene rings is 1. The number of amides is 1. The van der Waals surface area contributed by atoms with Crippen LogP contribution in [0.5, 0.6) is 0 Å². The average Bonchev–Trinajstić information content (AvgIpc) is 3.03. The minimum absolute atomic E-state index is 0.169. The fraction of sp³-hybridized carbons (Fsp3) is 0.500. The molecule has 1 N–H and O–H groups in total. The Morgan fingerprint density at radius 3 is 2.35 bits per heavy atom. The number of sulfonamides is 1. The highest BCUT2D eigenvalue weighted by Gasteiger charge is 2.25. The van der Waals surface area contributed by atoms with Crippen molar-refractivity contribution in [1.29, 1.82) is 0 Å². The standard InChI is InChI=1S/C22H30N4O3S2/c1-16-20(17(2)24-22(23-16)30-3)11-12-21(27)25-18-9-8-10-19(15-18)31(28,29)26-13-6-4-5-7-14-26/h8-10,15H,4-7,11-14H2,1-3H3,(H,25,27). The Hall–Kier alpha value is -1.97. The lowest BCUT2D eigenvalue weighted by atomic mass is 10.1. The molecule has 0 radical (unpaired) electrons. The maximum absolute atomic E-state index is 13.0. The number of carbonyl (C=O) groups is 1. The first-order valence-electron chi connectivity index (χ1n) is 10.6. The Morgan fingerprint density at radius 1 is 1.10 bits per heavy atom. The second-order valence-corrected chi connectivity index (χ2v) is 10.5. The molecule has 7 nitrogen and oxygen atoms in total. The van der Waals surface area contributed by atoms with E-state index in [4.69, 9.17) is 0 Å². The van der Waals surface area contributed by atoms with Crippen molar-refractivity contribution in [1.82, 2.24) is 14.3 Å². The van der Waals surface area contributed by atoms with Crippen molar-refractivity contribution < 1.29 is 13.2 Å². The van der Waals surface area contributed by atoms with Gasteiger partial charge in [0.15, 0.2) is 5.16 Å². The van der Waals surface area contributed by atoms with E-state index >= 15 is 0 Å². The number of nitrogens with one attached hydrogen (secondary N) is 1. The molecule has 9 heteroatoms. The molecule has 0 unspecified atom stereocenters. The van der Waals surface area contributed by atoms with Crippen molar-refractivity contribution in [2.75, 3.05) is 24.7 Å². The van der Waals surface area contributed by atoms with E-state index in [1.165, 1.54) is 11.8 Å². The van der Waals surface area contributed by atoms with E-state index in [1.54, 1.807) is 28.6 Å². The first-order valence-corrected chi connectivity index (χ1v) is 13.3. The van der Waals surface area contributed by atoms with Crippen LogP contribution in [-0.2, 0) is 21.2 Å². The molecule has 1 aliphatic rings. The van der Waals surface area contributed by atoms with Crippen molar-refractivity contribution in [3.05, 3.63) is 41.2 Å². The van der Waals surface area contributed by atoms with Gasteiger partial charge in [-0.05, 0) is 63.1 Å². The van der Waals surface area contributed by atoms with Crippen molar-refractivity contribution in [2.45, 2.75) is 62.4 Å². The first kappa shape index (κ1) is 23.7. The molecule has 2 heterocycles. The van der Waals surface area contributed by atoms with Crippen molar-refractivity contribution in [2.24, 2.45) is 0 Å². The van der Waals surface area contributed by atoms with Crippen LogP contribution in [0, 0.1) is 13.8 Å². The van der Waals surface area contributed by atoms with Crippen LogP contribution in [-0.4, -0.2) is 47.9 Å². The molecular weight excluding hydrogens is 432 g/mol. The summed E-state index contributed by atoms with van der Waals surface area (Å²) in [5.41, 5.74) is 3.24. The van der Waals surface area contributed by atoms with Crippen molar-refractivity contribution >= 4 is 33.4 Å². The maximum atomic E-state index is 13.0. The minimum atomic E-state index is -3.55. The SMILES string of the molecule is CSc1nc(C)c(CCC(=O)Nc2cccc(S(=O)(=O)N3CCCCCC3)c2)c(C)n1. The molecule has 0 bridgehead atoms. The third-order valence-electron chi connectivity index (χ3n) is 5.51. The summed E-state index contributed by atoms with van der Waals surface area (Å²) in [5.74, 6) is -0.169. The van der Waals surface area contributed by atoms with Gasteiger partial charge in [-0.2, -0.15) is 4.31 Å². The number of carbonyl (C=O) groups excluding carboxylic acids is 1. The summed E-state index contributed by atoms with van der Waals surface area (Å²) in [6.07, 6.45) is 6.63. The number of thioether (sulfide) groups is 1. The highest BCUT2D eigenvalue weighted by Crippen LogP contribution is 2.23. The second-order valence-electron chi connectivity index (χ2n) is 7.75. The molecule has 1 saturated heterocycles. The van der Waals surface area contributed by atoms with E-state index in [-0.39, 0.29) is 17.2 Å². The summed E-state index contributed by atoms with van der Waals surface area (Å²) in [7, 11) is -3.55. The van der Waals surface area contributed by atoms with Gasteiger partial charge in [-0.25, -0.2) is 18.4 Å². The first-order chi connectivity index (χ1) is 14.8. The normalized spacial score (nSPS) is 15.5. The molecule has 1 amide bonds. The number of hydrogen-bond acceptors (Lipinski definition) is 6. The molecule has 0 saturated carbocycles. The molecule has 1 aromatic carbocycles. The van der Waals surface area contributed by atoms with Crippen molar-refractivity contribution in [3.8, 4) is 0 Å². The lowest BCUT2D eigenvalue weighted by Crippen LogP contribution is -2.32. The van der Waals surface area contributed by atoms with E-state index in [0.29, 0.717) is 25.2 Å². The zero-order valence-electron chi connectivity index (χ0n) is 18.3. The molecule has 168 valence electrons. The number of aryl methyl sites for hydroxylation is 2. The van der Waals surface area contributed by atoms with E-state index in [1.807, 2.05) is 20.1 Å². The Bertz CT molecular complexity index is 1010. The molecule has 31 heavy (non-hydrogen) atoms. The number of aromatic nitrogens is 2. The zero-order valence-corrected chi connectivity index (χ0v) is 20.0. The number of hydrogen-bond donors (Lipinski definition) is 1. The lowest BCUT2D eigenvalue weighted by Gasteiger charge is -2.20. The Kier molecular flexibility index (Phi) is 8.07. The van der Waals surface area contributed by atoms with Gasteiger partial charge in [0, 0.05) is 36.6 Å². The van der Waals surface area contributed by atoms with E-state index in [0.717, 1.165) is 47.8 Å². The summed E-state index contributed by atoms with van der Waals surface area (Å²) >= 11 is 1.49. The van der Waals surface area contributed by atoms with Gasteiger partial charge in [-0.15, -0.1) is 0 Å². The van der Waals surface area contributed by atoms with Gasteiger partial charge in [0.2, 0.25) is 15.9 Å².